The first kappa shape index (κ1) is 26.4. The molecule has 0 bridgehead atoms. The molecule has 0 saturated carbocycles. The van der Waals surface area contributed by atoms with E-state index in [1.807, 2.05) is 72.8 Å². The third-order valence-corrected chi connectivity index (χ3v) is 6.60. The lowest BCUT2D eigenvalue weighted by Crippen LogP contribution is -2.33. The third kappa shape index (κ3) is 6.27. The number of nitrogens with zero attached hydrogens (tertiary/aromatic N) is 4. The van der Waals surface area contributed by atoms with Crippen LogP contribution in [0.3, 0.4) is 0 Å². The minimum Gasteiger partial charge on any atom is -0.337 e. The summed E-state index contributed by atoms with van der Waals surface area (Å²) >= 11 is 0. The molecule has 4 aromatic carbocycles. The summed E-state index contributed by atoms with van der Waals surface area (Å²) < 4.78 is 0. The van der Waals surface area contributed by atoms with Gasteiger partial charge in [0.15, 0.2) is 5.82 Å². The summed E-state index contributed by atoms with van der Waals surface area (Å²) in [6.07, 6.45) is 2.54. The molecule has 1 aromatic heterocycles. The first-order chi connectivity index (χ1) is 19.5. The van der Waals surface area contributed by atoms with Crippen molar-refractivity contribution in [1.29, 1.82) is 0 Å². The van der Waals surface area contributed by atoms with Crippen molar-refractivity contribution in [3.63, 3.8) is 0 Å². The van der Waals surface area contributed by atoms with Crippen LogP contribution in [-0.4, -0.2) is 39.5 Å². The summed E-state index contributed by atoms with van der Waals surface area (Å²) in [5, 5.41) is 2.14. The maximum Gasteiger partial charge on any atom is 0.253 e. The van der Waals surface area contributed by atoms with Gasteiger partial charge < -0.3 is 9.80 Å². The molecule has 0 spiro atoms. The van der Waals surface area contributed by atoms with Crippen LogP contribution in [0.25, 0.3) is 10.8 Å². The van der Waals surface area contributed by atoms with Crippen LogP contribution in [0.15, 0.2) is 116 Å². The Balaban J connectivity index is 1.43. The molecule has 1 heterocycles. The Hall–Kier alpha value is -5.17. The molecule has 0 aliphatic heterocycles. The molecule has 5 rings (SSSR count). The van der Waals surface area contributed by atoms with Gasteiger partial charge in [-0.15, -0.1) is 0 Å². The van der Waals surface area contributed by atoms with E-state index in [9.17, 15) is 14.4 Å². The quantitative estimate of drug-likeness (QED) is 0.181. The van der Waals surface area contributed by atoms with Crippen LogP contribution in [0.5, 0.6) is 0 Å². The number of carbonyl (C=O) groups excluding carboxylic acids is 3. The highest BCUT2D eigenvalue weighted by Crippen LogP contribution is 2.24. The molecule has 0 saturated heterocycles. The molecule has 7 nitrogen and oxygen atoms in total. The summed E-state index contributed by atoms with van der Waals surface area (Å²) in [6, 6.07) is 32.3. The zero-order valence-corrected chi connectivity index (χ0v) is 22.1. The van der Waals surface area contributed by atoms with Gasteiger partial charge in [0.25, 0.3) is 5.91 Å². The zero-order chi connectivity index (χ0) is 27.9. The fourth-order valence-electron chi connectivity index (χ4n) is 4.55. The number of anilines is 1. The third-order valence-electron chi connectivity index (χ3n) is 6.60. The van der Waals surface area contributed by atoms with Gasteiger partial charge in [-0.2, -0.15) is 0 Å². The molecule has 0 radical (unpaired) electrons. The van der Waals surface area contributed by atoms with E-state index < -0.39 is 18.1 Å². The Bertz CT molecular complexity index is 1650. The molecule has 0 fully saturated rings. The molecule has 0 N–H and O–H groups in total. The fraction of sp³-hybridized carbons (Fsp3) is 0.121. The van der Waals surface area contributed by atoms with Crippen LogP contribution in [0.2, 0.25) is 0 Å². The average molecular weight is 529 g/mol. The molecule has 40 heavy (non-hydrogen) atoms. The van der Waals surface area contributed by atoms with Crippen molar-refractivity contribution in [1.82, 2.24) is 14.9 Å². The second-order valence-corrected chi connectivity index (χ2v) is 9.53. The van der Waals surface area contributed by atoms with Gasteiger partial charge in [0.2, 0.25) is 11.7 Å². The van der Waals surface area contributed by atoms with E-state index in [1.165, 1.54) is 12.4 Å². The molecule has 0 aliphatic rings. The first-order valence-corrected chi connectivity index (χ1v) is 13.0. The van der Waals surface area contributed by atoms with Crippen molar-refractivity contribution < 1.29 is 14.4 Å². The lowest BCUT2D eigenvalue weighted by molar-refractivity contribution is -0.117. The van der Waals surface area contributed by atoms with E-state index in [0.29, 0.717) is 17.8 Å². The van der Waals surface area contributed by atoms with Gasteiger partial charge in [0.05, 0.1) is 13.0 Å². The minimum absolute atomic E-state index is 0.00651. The van der Waals surface area contributed by atoms with Gasteiger partial charge >= 0.3 is 0 Å². The number of benzene rings is 4. The van der Waals surface area contributed by atoms with Crippen molar-refractivity contribution in [2.45, 2.75) is 19.5 Å². The summed E-state index contributed by atoms with van der Waals surface area (Å²) in [4.78, 5) is 50.9. The molecule has 0 aliphatic carbocycles. The molecule has 0 unspecified atom stereocenters. The van der Waals surface area contributed by atoms with E-state index in [0.717, 1.165) is 21.9 Å². The predicted molar refractivity (Wildman–Crippen MR) is 155 cm³/mol. The Kier molecular flexibility index (Phi) is 8.02. The average Bonchev–Trinajstić information content (AvgIpc) is 3.00. The maximum absolute atomic E-state index is 13.6. The van der Waals surface area contributed by atoms with Gasteiger partial charge in [0.1, 0.15) is 0 Å². The Morgan fingerprint density at radius 3 is 2.17 bits per heavy atom. The predicted octanol–water partition coefficient (Wildman–Crippen LogP) is 5.71. The first-order valence-electron chi connectivity index (χ1n) is 13.0. The van der Waals surface area contributed by atoms with Crippen molar-refractivity contribution >= 4 is 34.1 Å². The van der Waals surface area contributed by atoms with E-state index in [-0.39, 0.29) is 18.3 Å². The summed E-state index contributed by atoms with van der Waals surface area (Å²) in [5.41, 5.74) is 2.89. The van der Waals surface area contributed by atoms with Crippen LogP contribution in [0, 0.1) is 0 Å². The number of Topliss-reactive ketones (excluding diaryl/α,β-unsaturated/α-hetero) is 1. The molecular weight excluding hydrogens is 500 g/mol. The maximum atomic E-state index is 13.6. The van der Waals surface area contributed by atoms with Crippen LogP contribution in [0.4, 0.5) is 5.69 Å². The smallest absolute Gasteiger partial charge is 0.253 e. The van der Waals surface area contributed by atoms with Crippen LogP contribution in [0.1, 0.15) is 38.5 Å². The zero-order valence-electron chi connectivity index (χ0n) is 22.1. The number of amides is 2. The summed E-state index contributed by atoms with van der Waals surface area (Å²) in [6.45, 7) is 0.680. The molecule has 2 amide bonds. The van der Waals surface area contributed by atoms with E-state index in [1.54, 1.807) is 47.2 Å². The van der Waals surface area contributed by atoms with Crippen molar-refractivity contribution in [2.24, 2.45) is 0 Å². The van der Waals surface area contributed by atoms with E-state index in [4.69, 9.17) is 0 Å². The lowest BCUT2D eigenvalue weighted by Gasteiger charge is -2.24. The number of aromatic nitrogens is 2. The van der Waals surface area contributed by atoms with Gasteiger partial charge in [0, 0.05) is 37.2 Å². The van der Waals surface area contributed by atoms with Crippen LogP contribution in [-0.2, 0) is 17.9 Å². The molecule has 198 valence electrons. The number of ketones is 1. The highest BCUT2D eigenvalue weighted by atomic mass is 16.2. The minimum atomic E-state index is -0.469. The fourth-order valence-corrected chi connectivity index (χ4v) is 4.55. The van der Waals surface area contributed by atoms with Crippen molar-refractivity contribution in [2.75, 3.05) is 11.9 Å². The highest BCUT2D eigenvalue weighted by Gasteiger charge is 2.23. The van der Waals surface area contributed by atoms with Gasteiger partial charge in [-0.25, -0.2) is 9.97 Å². The SMILES string of the molecule is CN(Cc1ccccc1)C(=O)c1cccc(N(Cc2ccc3ccccc3c2)C(=O)CC(=O)c2ncccn2)c1. The monoisotopic (exact) mass is 528 g/mol. The van der Waals surface area contributed by atoms with Gasteiger partial charge in [-0.05, 0) is 52.2 Å². The van der Waals surface area contributed by atoms with Crippen LogP contribution >= 0.6 is 0 Å². The van der Waals surface area contributed by atoms with E-state index in [2.05, 4.69) is 9.97 Å². The molecular formula is C33H28N4O3. The summed E-state index contributed by atoms with van der Waals surface area (Å²) in [5.74, 6) is -1.05. The Morgan fingerprint density at radius 2 is 1.40 bits per heavy atom. The number of carbonyl (C=O) groups is 3. The van der Waals surface area contributed by atoms with Crippen LogP contribution < -0.4 is 4.90 Å². The molecule has 5 aromatic rings. The summed E-state index contributed by atoms with van der Waals surface area (Å²) in [7, 11) is 1.75. The number of hydrogen-bond donors (Lipinski definition) is 0. The number of rotatable bonds is 9. The molecule has 7 heteroatoms. The Morgan fingerprint density at radius 1 is 0.675 bits per heavy atom. The lowest BCUT2D eigenvalue weighted by atomic mass is 10.1. The largest absolute Gasteiger partial charge is 0.337 e. The highest BCUT2D eigenvalue weighted by molar-refractivity contribution is 6.10. The topological polar surface area (TPSA) is 83.5 Å². The molecule has 0 atom stereocenters. The standard InChI is InChI=1S/C33H28N4O3/c1-36(22-24-9-3-2-4-10-24)33(40)28-13-7-14-29(20-28)37(31(39)21-30(38)32-34-17-8-18-35-32)23-25-15-16-26-11-5-6-12-27(26)19-25/h2-20H,21-23H2,1H3. The normalized spacial score (nSPS) is 10.7. The Labute approximate surface area is 232 Å². The second kappa shape index (κ2) is 12.1. The second-order valence-electron chi connectivity index (χ2n) is 9.53. The van der Waals surface area contributed by atoms with Gasteiger partial charge in [-0.1, -0.05) is 72.8 Å². The number of fused-ring (bicyclic) bond motifs is 1. The number of hydrogen-bond acceptors (Lipinski definition) is 5. The van der Waals surface area contributed by atoms with Gasteiger partial charge in [-0.3, -0.25) is 14.4 Å². The van der Waals surface area contributed by atoms with Crippen molar-refractivity contribution in [3.05, 3.63) is 138 Å². The van der Waals surface area contributed by atoms with Crippen molar-refractivity contribution in [3.8, 4) is 0 Å². The van der Waals surface area contributed by atoms with E-state index >= 15 is 0 Å².